The molecule has 0 atom stereocenters. The average molecular weight is 488 g/mol. The molecule has 0 spiro atoms. The first-order valence-corrected chi connectivity index (χ1v) is 12.0. The highest BCUT2D eigenvalue weighted by Gasteiger charge is 2.32. The second-order valence-electron chi connectivity index (χ2n) is 9.34. The summed E-state index contributed by atoms with van der Waals surface area (Å²) in [5, 5.41) is 7.78. The fourth-order valence-corrected chi connectivity index (χ4v) is 4.64. The quantitative estimate of drug-likeness (QED) is 0.410. The second kappa shape index (κ2) is 11.1. The molecule has 1 aliphatic rings. The van der Waals surface area contributed by atoms with Crippen LogP contribution in [-0.4, -0.2) is 43.5 Å². The van der Waals surface area contributed by atoms with Gasteiger partial charge in [0.05, 0.1) is 5.52 Å². The number of hydrogen-bond acceptors (Lipinski definition) is 6. The van der Waals surface area contributed by atoms with Crippen LogP contribution in [0.1, 0.15) is 31.2 Å². The van der Waals surface area contributed by atoms with Gasteiger partial charge in [-0.3, -0.25) is 0 Å². The van der Waals surface area contributed by atoms with Crippen LogP contribution in [0.4, 0.5) is 24.9 Å². The van der Waals surface area contributed by atoms with E-state index < -0.39 is 6.36 Å². The van der Waals surface area contributed by atoms with Gasteiger partial charge in [0.2, 0.25) is 5.95 Å². The Morgan fingerprint density at radius 1 is 0.914 bits per heavy atom. The molecule has 1 aliphatic carbocycles. The zero-order valence-electron chi connectivity index (χ0n) is 20.1. The Kier molecular flexibility index (Phi) is 7.95. The summed E-state index contributed by atoms with van der Waals surface area (Å²) in [7, 11) is 3.96. The van der Waals surface area contributed by atoms with Gasteiger partial charge in [-0.15, -0.1) is 13.2 Å². The molecule has 35 heavy (non-hydrogen) atoms. The first-order valence-electron chi connectivity index (χ1n) is 12.0. The molecule has 2 aromatic carbocycles. The maximum Gasteiger partial charge on any atom is 0.573 e. The van der Waals surface area contributed by atoms with E-state index in [1.54, 1.807) is 18.2 Å². The topological polar surface area (TPSA) is 62.3 Å². The largest absolute Gasteiger partial charge is 0.573 e. The first-order chi connectivity index (χ1) is 16.8. The van der Waals surface area contributed by atoms with E-state index in [4.69, 9.17) is 4.98 Å². The van der Waals surface area contributed by atoms with E-state index in [1.165, 1.54) is 6.07 Å². The number of aromatic nitrogens is 2. The number of nitrogens with one attached hydrogen (secondary N) is 2. The monoisotopic (exact) mass is 487 g/mol. The summed E-state index contributed by atoms with van der Waals surface area (Å²) in [6.45, 7) is 1.95. The normalized spacial score (nSPS) is 18.4. The van der Waals surface area contributed by atoms with E-state index in [1.807, 2.05) is 43.3 Å². The zero-order valence-corrected chi connectivity index (χ0v) is 20.1. The third-order valence-electron chi connectivity index (χ3n) is 6.47. The molecule has 4 rings (SSSR count). The maximum absolute atomic E-state index is 12.6. The molecule has 1 fully saturated rings. The van der Waals surface area contributed by atoms with Gasteiger partial charge in [-0.2, -0.15) is 4.98 Å². The van der Waals surface area contributed by atoms with E-state index >= 15 is 0 Å². The lowest BCUT2D eigenvalue weighted by atomic mass is 9.82. The van der Waals surface area contributed by atoms with Crippen LogP contribution in [0.15, 0.2) is 48.5 Å². The van der Waals surface area contributed by atoms with Crippen molar-refractivity contribution in [1.82, 2.24) is 15.3 Å². The number of benzene rings is 2. The van der Waals surface area contributed by atoms with Crippen LogP contribution in [-0.2, 0) is 6.54 Å². The number of ether oxygens (including phenoxy) is 1. The van der Waals surface area contributed by atoms with Crippen LogP contribution in [0, 0.1) is 11.8 Å². The zero-order chi connectivity index (χ0) is 24.8. The summed E-state index contributed by atoms with van der Waals surface area (Å²) < 4.78 is 42.0. The predicted molar refractivity (Wildman–Crippen MR) is 133 cm³/mol. The minimum Gasteiger partial charge on any atom is -0.405 e. The number of rotatable bonds is 9. The lowest BCUT2D eigenvalue weighted by Crippen LogP contribution is -2.29. The van der Waals surface area contributed by atoms with Crippen molar-refractivity contribution >= 4 is 22.7 Å². The predicted octanol–water partition coefficient (Wildman–Crippen LogP) is 5.60. The van der Waals surface area contributed by atoms with Crippen molar-refractivity contribution < 1.29 is 17.9 Å². The smallest absolute Gasteiger partial charge is 0.405 e. The second-order valence-corrected chi connectivity index (χ2v) is 9.34. The summed E-state index contributed by atoms with van der Waals surface area (Å²) in [5.74, 6) is 2.46. The molecule has 0 bridgehead atoms. The van der Waals surface area contributed by atoms with Crippen molar-refractivity contribution in [3.8, 4) is 5.75 Å². The number of halogens is 3. The Morgan fingerprint density at radius 2 is 1.57 bits per heavy atom. The summed E-state index contributed by atoms with van der Waals surface area (Å²) in [4.78, 5) is 11.4. The van der Waals surface area contributed by atoms with Crippen LogP contribution in [0.5, 0.6) is 5.75 Å². The maximum atomic E-state index is 12.6. The number of alkyl halides is 3. The molecular formula is C26H32F3N5O. The van der Waals surface area contributed by atoms with Crippen molar-refractivity contribution in [2.75, 3.05) is 37.4 Å². The van der Waals surface area contributed by atoms with Crippen molar-refractivity contribution in [1.29, 1.82) is 0 Å². The van der Waals surface area contributed by atoms with Gasteiger partial charge in [-0.05, 0) is 62.3 Å². The van der Waals surface area contributed by atoms with E-state index in [0.717, 1.165) is 55.5 Å². The standard InChI is InChI=1S/C26H32F3N5O/c1-34(2)24-21-8-4-5-9-22(21)32-25(33-24)31-16-19-13-11-18(12-14-19)15-30-17-20-7-3-6-10-23(20)35-26(27,28)29/h3-10,18-19,30H,11-17H2,1-2H3,(H,31,32,33)/t18-,19-. The minimum atomic E-state index is -4.69. The summed E-state index contributed by atoms with van der Waals surface area (Å²) in [6, 6.07) is 14.3. The minimum absolute atomic E-state index is 0.143. The first kappa shape index (κ1) is 25.0. The van der Waals surface area contributed by atoms with Gasteiger partial charge in [0, 0.05) is 38.1 Å². The van der Waals surface area contributed by atoms with Gasteiger partial charge < -0.3 is 20.3 Å². The average Bonchev–Trinajstić information content (AvgIpc) is 2.83. The van der Waals surface area contributed by atoms with Gasteiger partial charge in [-0.25, -0.2) is 4.98 Å². The lowest BCUT2D eigenvalue weighted by Gasteiger charge is -2.29. The third kappa shape index (κ3) is 6.97. The van der Waals surface area contributed by atoms with E-state index in [0.29, 0.717) is 29.9 Å². The number of anilines is 2. The molecule has 9 heteroatoms. The van der Waals surface area contributed by atoms with Crippen LogP contribution >= 0.6 is 0 Å². The fraction of sp³-hybridized carbons (Fsp3) is 0.462. The molecule has 1 heterocycles. The SMILES string of the molecule is CN(C)c1nc(NC[C@H]2CC[C@H](CNCc3ccccc3OC(F)(F)F)CC2)nc2ccccc12. The van der Waals surface area contributed by atoms with Crippen LogP contribution in [0.25, 0.3) is 10.9 Å². The van der Waals surface area contributed by atoms with Crippen molar-refractivity contribution in [3.05, 3.63) is 54.1 Å². The number of para-hydroxylation sites is 2. The molecule has 0 aliphatic heterocycles. The Bertz CT molecular complexity index is 1110. The van der Waals surface area contributed by atoms with Gasteiger partial charge >= 0.3 is 6.36 Å². The van der Waals surface area contributed by atoms with Crippen LogP contribution in [0.2, 0.25) is 0 Å². The highest BCUT2D eigenvalue weighted by molar-refractivity contribution is 5.90. The molecular weight excluding hydrogens is 455 g/mol. The van der Waals surface area contributed by atoms with E-state index in [9.17, 15) is 13.2 Å². The van der Waals surface area contributed by atoms with Crippen molar-refractivity contribution in [2.24, 2.45) is 11.8 Å². The number of fused-ring (bicyclic) bond motifs is 1. The molecule has 0 unspecified atom stereocenters. The van der Waals surface area contributed by atoms with Crippen LogP contribution in [0.3, 0.4) is 0 Å². The highest BCUT2D eigenvalue weighted by Crippen LogP contribution is 2.30. The molecule has 3 aromatic rings. The van der Waals surface area contributed by atoms with Crippen LogP contribution < -0.4 is 20.3 Å². The Hall–Kier alpha value is -3.07. The molecule has 6 nitrogen and oxygen atoms in total. The molecule has 188 valence electrons. The van der Waals surface area contributed by atoms with Gasteiger partial charge in [0.1, 0.15) is 11.6 Å². The van der Waals surface area contributed by atoms with Crippen molar-refractivity contribution in [2.45, 2.75) is 38.6 Å². The summed E-state index contributed by atoms with van der Waals surface area (Å²) in [6.07, 6.45) is -0.319. The van der Waals surface area contributed by atoms with E-state index in [-0.39, 0.29) is 5.75 Å². The van der Waals surface area contributed by atoms with Gasteiger partial charge in [0.25, 0.3) is 0 Å². The molecule has 0 radical (unpaired) electrons. The summed E-state index contributed by atoms with van der Waals surface area (Å²) >= 11 is 0. The molecule has 1 saturated carbocycles. The lowest BCUT2D eigenvalue weighted by molar-refractivity contribution is -0.274. The van der Waals surface area contributed by atoms with Gasteiger partial charge in [-0.1, -0.05) is 30.3 Å². The number of nitrogens with zero attached hydrogens (tertiary/aromatic N) is 3. The van der Waals surface area contributed by atoms with E-state index in [2.05, 4.69) is 20.4 Å². The Balaban J connectivity index is 1.23. The fourth-order valence-electron chi connectivity index (χ4n) is 4.64. The van der Waals surface area contributed by atoms with Gasteiger partial charge in [0.15, 0.2) is 0 Å². The summed E-state index contributed by atoms with van der Waals surface area (Å²) in [5.41, 5.74) is 1.43. The molecule has 2 N–H and O–H groups in total. The third-order valence-corrected chi connectivity index (χ3v) is 6.47. The Labute approximate surface area is 203 Å². The molecule has 1 aromatic heterocycles. The molecule has 0 saturated heterocycles. The Morgan fingerprint density at radius 3 is 2.29 bits per heavy atom. The number of hydrogen-bond donors (Lipinski definition) is 2. The van der Waals surface area contributed by atoms with Crippen molar-refractivity contribution in [3.63, 3.8) is 0 Å². The highest BCUT2D eigenvalue weighted by atomic mass is 19.4. The molecule has 0 amide bonds.